The summed E-state index contributed by atoms with van der Waals surface area (Å²) in [6.07, 6.45) is -1.39. The second-order valence-corrected chi connectivity index (χ2v) is 5.61. The Labute approximate surface area is 133 Å². The van der Waals surface area contributed by atoms with Crippen molar-refractivity contribution in [3.05, 3.63) is 65.5 Å². The van der Waals surface area contributed by atoms with Gasteiger partial charge in [0.15, 0.2) is 5.78 Å². The number of fused-ring (bicyclic) bond motifs is 1. The average Bonchev–Trinajstić information content (AvgIpc) is 2.56. The Kier molecular flexibility index (Phi) is 4.69. The predicted octanol–water partition coefficient (Wildman–Crippen LogP) is 2.31. The van der Waals surface area contributed by atoms with E-state index in [1.807, 2.05) is 30.3 Å². The van der Waals surface area contributed by atoms with Crippen molar-refractivity contribution in [2.24, 2.45) is 0 Å². The van der Waals surface area contributed by atoms with Crippen LogP contribution < -0.4 is 10.1 Å². The molecule has 2 atom stereocenters. The minimum absolute atomic E-state index is 0.0463. The van der Waals surface area contributed by atoms with Crippen molar-refractivity contribution in [3.8, 4) is 5.75 Å². The highest BCUT2D eigenvalue weighted by atomic mass is 19.1. The highest BCUT2D eigenvalue weighted by Crippen LogP contribution is 2.29. The van der Waals surface area contributed by atoms with Crippen LogP contribution in [0.4, 0.5) is 4.39 Å². The SMILES string of the molecule is O=C1C[C@@H](C(O)CNCc2ccccc2)Oc2ccc(F)cc21. The van der Waals surface area contributed by atoms with E-state index in [-0.39, 0.29) is 17.8 Å². The van der Waals surface area contributed by atoms with Gasteiger partial charge in [-0.1, -0.05) is 30.3 Å². The van der Waals surface area contributed by atoms with E-state index in [2.05, 4.69) is 5.32 Å². The summed E-state index contributed by atoms with van der Waals surface area (Å²) in [6, 6.07) is 13.7. The minimum Gasteiger partial charge on any atom is -0.486 e. The first-order valence-electron chi connectivity index (χ1n) is 7.55. The summed E-state index contributed by atoms with van der Waals surface area (Å²) in [4.78, 5) is 12.1. The summed E-state index contributed by atoms with van der Waals surface area (Å²) in [5.74, 6) is -0.350. The number of aliphatic hydroxyl groups excluding tert-OH is 1. The first-order valence-corrected chi connectivity index (χ1v) is 7.55. The van der Waals surface area contributed by atoms with Gasteiger partial charge in [-0.05, 0) is 23.8 Å². The third-order valence-corrected chi connectivity index (χ3v) is 3.86. The monoisotopic (exact) mass is 315 g/mol. The number of aliphatic hydroxyl groups is 1. The van der Waals surface area contributed by atoms with Crippen molar-refractivity contribution in [1.82, 2.24) is 5.32 Å². The molecule has 0 amide bonds. The molecule has 0 fully saturated rings. The van der Waals surface area contributed by atoms with Crippen LogP contribution in [0.1, 0.15) is 22.3 Å². The summed E-state index contributed by atoms with van der Waals surface area (Å²) in [6.45, 7) is 0.934. The van der Waals surface area contributed by atoms with E-state index in [0.717, 1.165) is 5.56 Å². The molecule has 1 heterocycles. The molecule has 0 aliphatic carbocycles. The van der Waals surface area contributed by atoms with Gasteiger partial charge in [0.25, 0.3) is 0 Å². The first kappa shape index (κ1) is 15.6. The van der Waals surface area contributed by atoms with Crippen LogP contribution in [0.25, 0.3) is 0 Å². The van der Waals surface area contributed by atoms with E-state index in [9.17, 15) is 14.3 Å². The Morgan fingerprint density at radius 3 is 2.83 bits per heavy atom. The molecule has 0 saturated heterocycles. The molecular formula is C18H18FNO3. The fourth-order valence-electron chi connectivity index (χ4n) is 2.63. The topological polar surface area (TPSA) is 58.6 Å². The number of nitrogens with one attached hydrogen (secondary N) is 1. The Bertz CT molecular complexity index is 690. The number of benzene rings is 2. The smallest absolute Gasteiger partial charge is 0.170 e. The molecule has 3 rings (SSSR count). The van der Waals surface area contributed by atoms with Crippen molar-refractivity contribution >= 4 is 5.78 Å². The van der Waals surface area contributed by atoms with Gasteiger partial charge in [-0.15, -0.1) is 0 Å². The molecular weight excluding hydrogens is 297 g/mol. The molecule has 2 N–H and O–H groups in total. The molecule has 0 saturated carbocycles. The number of hydrogen-bond acceptors (Lipinski definition) is 4. The molecule has 0 radical (unpaired) electrons. The van der Waals surface area contributed by atoms with Gasteiger partial charge < -0.3 is 15.2 Å². The molecule has 2 aromatic carbocycles. The number of carbonyl (C=O) groups is 1. The molecule has 1 aliphatic rings. The molecule has 0 spiro atoms. The molecule has 4 nitrogen and oxygen atoms in total. The number of hydrogen-bond donors (Lipinski definition) is 2. The van der Waals surface area contributed by atoms with E-state index in [1.165, 1.54) is 18.2 Å². The van der Waals surface area contributed by atoms with Crippen molar-refractivity contribution in [3.63, 3.8) is 0 Å². The third-order valence-electron chi connectivity index (χ3n) is 3.86. The number of ketones is 1. The van der Waals surface area contributed by atoms with Gasteiger partial charge in [-0.25, -0.2) is 4.39 Å². The van der Waals surface area contributed by atoms with Crippen molar-refractivity contribution in [2.45, 2.75) is 25.2 Å². The maximum absolute atomic E-state index is 13.2. The fourth-order valence-corrected chi connectivity index (χ4v) is 2.63. The largest absolute Gasteiger partial charge is 0.486 e. The Hall–Kier alpha value is -2.24. The lowest BCUT2D eigenvalue weighted by molar-refractivity contribution is 0.0241. The number of halogens is 1. The molecule has 0 bridgehead atoms. The van der Waals surface area contributed by atoms with Crippen LogP contribution in [0.2, 0.25) is 0 Å². The second kappa shape index (κ2) is 6.89. The van der Waals surface area contributed by atoms with E-state index in [1.54, 1.807) is 0 Å². The van der Waals surface area contributed by atoms with Gasteiger partial charge in [-0.3, -0.25) is 4.79 Å². The van der Waals surface area contributed by atoms with Crippen molar-refractivity contribution in [1.29, 1.82) is 0 Å². The summed E-state index contributed by atoms with van der Waals surface area (Å²) >= 11 is 0. The van der Waals surface area contributed by atoms with Gasteiger partial charge in [0.1, 0.15) is 23.8 Å². The number of Topliss-reactive ketones (excluding diaryl/α,β-unsaturated/α-hetero) is 1. The molecule has 1 unspecified atom stereocenters. The molecule has 23 heavy (non-hydrogen) atoms. The van der Waals surface area contributed by atoms with Gasteiger partial charge in [0, 0.05) is 13.1 Å². The summed E-state index contributed by atoms with van der Waals surface area (Å²) in [5, 5.41) is 13.4. The van der Waals surface area contributed by atoms with Gasteiger partial charge in [-0.2, -0.15) is 0 Å². The van der Waals surface area contributed by atoms with Crippen LogP contribution in [0.5, 0.6) is 5.75 Å². The van der Waals surface area contributed by atoms with Crippen molar-refractivity contribution < 1.29 is 19.0 Å². The molecule has 2 aromatic rings. The minimum atomic E-state index is -0.819. The van der Waals surface area contributed by atoms with Crippen LogP contribution in [-0.4, -0.2) is 29.6 Å². The van der Waals surface area contributed by atoms with Crippen LogP contribution in [0.3, 0.4) is 0 Å². The molecule has 1 aliphatic heterocycles. The fraction of sp³-hybridized carbons (Fsp3) is 0.278. The zero-order valence-corrected chi connectivity index (χ0v) is 12.5. The number of carbonyl (C=O) groups excluding carboxylic acids is 1. The number of rotatable bonds is 5. The van der Waals surface area contributed by atoms with Crippen LogP contribution in [0.15, 0.2) is 48.5 Å². The zero-order chi connectivity index (χ0) is 16.2. The standard InChI is InChI=1S/C18H18FNO3/c19-13-6-7-17-14(8-13)15(21)9-18(23-17)16(22)11-20-10-12-4-2-1-3-5-12/h1-8,16,18,20,22H,9-11H2/t16?,18-/m0/s1. The Morgan fingerprint density at radius 1 is 1.26 bits per heavy atom. The summed E-state index contributed by atoms with van der Waals surface area (Å²) in [7, 11) is 0. The van der Waals surface area contributed by atoms with Gasteiger partial charge in [0.2, 0.25) is 0 Å². The van der Waals surface area contributed by atoms with Crippen LogP contribution in [-0.2, 0) is 6.54 Å². The van der Waals surface area contributed by atoms with E-state index >= 15 is 0 Å². The lowest BCUT2D eigenvalue weighted by Crippen LogP contribution is -2.42. The Balaban J connectivity index is 1.57. The quantitative estimate of drug-likeness (QED) is 0.889. The zero-order valence-electron chi connectivity index (χ0n) is 12.5. The first-order chi connectivity index (χ1) is 11.1. The lowest BCUT2D eigenvalue weighted by Gasteiger charge is -2.29. The second-order valence-electron chi connectivity index (χ2n) is 5.61. The maximum Gasteiger partial charge on any atom is 0.170 e. The predicted molar refractivity (Wildman–Crippen MR) is 83.9 cm³/mol. The molecule has 120 valence electrons. The molecule has 5 heteroatoms. The van der Waals surface area contributed by atoms with Gasteiger partial charge in [0.05, 0.1) is 12.0 Å². The van der Waals surface area contributed by atoms with E-state index < -0.39 is 18.0 Å². The van der Waals surface area contributed by atoms with E-state index in [4.69, 9.17) is 4.74 Å². The number of ether oxygens (including phenoxy) is 1. The van der Waals surface area contributed by atoms with Crippen molar-refractivity contribution in [2.75, 3.05) is 6.54 Å². The molecule has 0 aromatic heterocycles. The summed E-state index contributed by atoms with van der Waals surface area (Å²) in [5.41, 5.74) is 1.35. The third kappa shape index (κ3) is 3.75. The average molecular weight is 315 g/mol. The summed E-state index contributed by atoms with van der Waals surface area (Å²) < 4.78 is 18.8. The van der Waals surface area contributed by atoms with Gasteiger partial charge >= 0.3 is 0 Å². The Morgan fingerprint density at radius 2 is 2.04 bits per heavy atom. The van der Waals surface area contributed by atoms with Crippen LogP contribution in [0, 0.1) is 5.82 Å². The highest BCUT2D eigenvalue weighted by Gasteiger charge is 2.31. The highest BCUT2D eigenvalue weighted by molar-refractivity contribution is 5.99. The normalized spacial score (nSPS) is 18.2. The van der Waals surface area contributed by atoms with E-state index in [0.29, 0.717) is 18.8 Å². The van der Waals surface area contributed by atoms with Crippen LogP contribution >= 0.6 is 0 Å². The maximum atomic E-state index is 13.2. The lowest BCUT2D eigenvalue weighted by atomic mass is 9.97.